The van der Waals surface area contributed by atoms with E-state index in [0.29, 0.717) is 5.57 Å². The lowest BCUT2D eigenvalue weighted by atomic mass is 9.81. The molecule has 0 N–H and O–H groups in total. The summed E-state index contributed by atoms with van der Waals surface area (Å²) in [6, 6.07) is 0. The Morgan fingerprint density at radius 1 is 1.29 bits per heavy atom. The van der Waals surface area contributed by atoms with E-state index in [0.717, 1.165) is 12.0 Å². The summed E-state index contributed by atoms with van der Waals surface area (Å²) in [7, 11) is 0. The molecule has 0 radical (unpaired) electrons. The van der Waals surface area contributed by atoms with E-state index in [1.54, 1.807) is 12.2 Å². The van der Waals surface area contributed by atoms with Gasteiger partial charge in [0.25, 0.3) is 0 Å². The van der Waals surface area contributed by atoms with Crippen molar-refractivity contribution in [2.45, 2.75) is 46.3 Å². The zero-order valence-electron chi connectivity index (χ0n) is 13.2. The van der Waals surface area contributed by atoms with Crippen molar-refractivity contribution in [2.75, 3.05) is 0 Å². The van der Waals surface area contributed by atoms with Gasteiger partial charge in [0.2, 0.25) is 0 Å². The van der Waals surface area contributed by atoms with Crippen LogP contribution in [0.3, 0.4) is 0 Å². The van der Waals surface area contributed by atoms with Crippen molar-refractivity contribution in [3.05, 3.63) is 36.5 Å². The summed E-state index contributed by atoms with van der Waals surface area (Å²) in [4.78, 5) is 23.1. The van der Waals surface area contributed by atoms with Gasteiger partial charge in [-0.05, 0) is 31.1 Å². The molecule has 0 saturated heterocycles. The first-order valence-corrected chi connectivity index (χ1v) is 7.18. The molecule has 0 aromatic carbocycles. The standard InChI is InChI=1S/C17H24O4/c1-7-11(4)17(19)21-14-8-9-15(20-13(6)18)16(10(2)3)12(14)5/h8-9,11,14-16H,2,5,7H2,1,3-4,6H3. The maximum atomic E-state index is 11.9. The Morgan fingerprint density at radius 3 is 2.38 bits per heavy atom. The molecule has 1 aliphatic rings. The Morgan fingerprint density at radius 2 is 1.90 bits per heavy atom. The van der Waals surface area contributed by atoms with Gasteiger partial charge in [-0.1, -0.05) is 32.6 Å². The van der Waals surface area contributed by atoms with Crippen LogP contribution in [0.2, 0.25) is 0 Å². The molecular weight excluding hydrogens is 268 g/mol. The Labute approximate surface area is 126 Å². The van der Waals surface area contributed by atoms with Crippen molar-refractivity contribution in [1.29, 1.82) is 0 Å². The lowest BCUT2D eigenvalue weighted by molar-refractivity contribution is -0.152. The molecular formula is C17H24O4. The Kier molecular flexibility index (Phi) is 5.94. The average molecular weight is 292 g/mol. The van der Waals surface area contributed by atoms with Crippen molar-refractivity contribution < 1.29 is 19.1 Å². The van der Waals surface area contributed by atoms with Gasteiger partial charge in [-0.15, -0.1) is 0 Å². The third-order valence-corrected chi connectivity index (χ3v) is 3.66. The summed E-state index contributed by atoms with van der Waals surface area (Å²) >= 11 is 0. The molecule has 1 rings (SSSR count). The molecule has 0 fully saturated rings. The van der Waals surface area contributed by atoms with Crippen molar-refractivity contribution >= 4 is 11.9 Å². The number of ether oxygens (including phenoxy) is 2. The highest BCUT2D eigenvalue weighted by atomic mass is 16.6. The summed E-state index contributed by atoms with van der Waals surface area (Å²) in [5.41, 5.74) is 1.51. The normalized spacial score (nSPS) is 26.1. The number of carbonyl (C=O) groups is 2. The van der Waals surface area contributed by atoms with E-state index in [1.807, 2.05) is 20.8 Å². The van der Waals surface area contributed by atoms with Gasteiger partial charge in [0.1, 0.15) is 12.2 Å². The molecule has 4 unspecified atom stereocenters. The van der Waals surface area contributed by atoms with E-state index in [-0.39, 0.29) is 23.8 Å². The van der Waals surface area contributed by atoms with E-state index >= 15 is 0 Å². The highest BCUT2D eigenvalue weighted by Gasteiger charge is 2.34. The summed E-state index contributed by atoms with van der Waals surface area (Å²) in [5.74, 6) is -1.01. The predicted molar refractivity (Wildman–Crippen MR) is 81.5 cm³/mol. The second-order valence-electron chi connectivity index (χ2n) is 5.52. The molecule has 0 heterocycles. The molecule has 4 heteroatoms. The van der Waals surface area contributed by atoms with Crippen LogP contribution in [0.5, 0.6) is 0 Å². The smallest absolute Gasteiger partial charge is 0.309 e. The Bertz CT molecular complexity index is 475. The van der Waals surface area contributed by atoms with E-state index in [4.69, 9.17) is 9.47 Å². The molecule has 1 aliphatic carbocycles. The number of hydrogen-bond acceptors (Lipinski definition) is 4. The van der Waals surface area contributed by atoms with Crippen LogP contribution < -0.4 is 0 Å². The third kappa shape index (κ3) is 4.31. The van der Waals surface area contributed by atoms with Crippen LogP contribution in [0.15, 0.2) is 36.5 Å². The van der Waals surface area contributed by atoms with Gasteiger partial charge in [0.15, 0.2) is 0 Å². The fourth-order valence-electron chi connectivity index (χ4n) is 2.25. The summed E-state index contributed by atoms with van der Waals surface area (Å²) in [6.45, 7) is 14.9. The summed E-state index contributed by atoms with van der Waals surface area (Å²) in [5, 5.41) is 0. The first-order chi connectivity index (χ1) is 9.77. The van der Waals surface area contributed by atoms with Crippen LogP contribution in [0, 0.1) is 11.8 Å². The first-order valence-electron chi connectivity index (χ1n) is 7.18. The first kappa shape index (κ1) is 17.2. The molecule has 4 nitrogen and oxygen atoms in total. The maximum Gasteiger partial charge on any atom is 0.309 e. The van der Waals surface area contributed by atoms with Crippen LogP contribution in [0.25, 0.3) is 0 Å². The van der Waals surface area contributed by atoms with E-state index in [1.165, 1.54) is 6.92 Å². The molecule has 0 aromatic rings. The van der Waals surface area contributed by atoms with Crippen molar-refractivity contribution in [3.8, 4) is 0 Å². The van der Waals surface area contributed by atoms with Crippen molar-refractivity contribution in [2.24, 2.45) is 11.8 Å². The number of hydrogen-bond donors (Lipinski definition) is 0. The van der Waals surface area contributed by atoms with Crippen molar-refractivity contribution in [3.63, 3.8) is 0 Å². The lowest BCUT2D eigenvalue weighted by Crippen LogP contribution is -2.36. The monoisotopic (exact) mass is 292 g/mol. The molecule has 0 amide bonds. The van der Waals surface area contributed by atoms with Gasteiger partial charge in [-0.25, -0.2) is 0 Å². The molecule has 0 aromatic heterocycles. The second-order valence-corrected chi connectivity index (χ2v) is 5.52. The molecule has 0 bridgehead atoms. The molecule has 0 spiro atoms. The number of rotatable bonds is 5. The molecule has 4 atom stereocenters. The average Bonchev–Trinajstić information content (AvgIpc) is 2.39. The van der Waals surface area contributed by atoms with Crippen LogP contribution in [0.4, 0.5) is 0 Å². The van der Waals surface area contributed by atoms with E-state index in [2.05, 4.69) is 13.2 Å². The summed E-state index contributed by atoms with van der Waals surface area (Å²) in [6.07, 6.45) is 3.24. The third-order valence-electron chi connectivity index (χ3n) is 3.66. The van der Waals surface area contributed by atoms with E-state index < -0.39 is 12.2 Å². The molecule has 116 valence electrons. The molecule has 0 aliphatic heterocycles. The molecule has 21 heavy (non-hydrogen) atoms. The Hall–Kier alpha value is -1.84. The zero-order chi connectivity index (χ0) is 16.2. The highest BCUT2D eigenvalue weighted by Crippen LogP contribution is 2.33. The van der Waals surface area contributed by atoms with Gasteiger partial charge in [-0.3, -0.25) is 9.59 Å². The van der Waals surface area contributed by atoms with Crippen LogP contribution >= 0.6 is 0 Å². The minimum Gasteiger partial charge on any atom is -0.457 e. The fourth-order valence-corrected chi connectivity index (χ4v) is 2.25. The minimum atomic E-state index is -0.500. The van der Waals surface area contributed by atoms with Gasteiger partial charge in [-0.2, -0.15) is 0 Å². The minimum absolute atomic E-state index is 0.152. The van der Waals surface area contributed by atoms with Gasteiger partial charge in [0.05, 0.1) is 5.92 Å². The van der Waals surface area contributed by atoms with Crippen molar-refractivity contribution in [1.82, 2.24) is 0 Å². The lowest BCUT2D eigenvalue weighted by Gasteiger charge is -2.34. The predicted octanol–water partition coefficient (Wildman–Crippen LogP) is 3.19. The number of esters is 2. The number of carbonyl (C=O) groups excluding carboxylic acids is 2. The Balaban J connectivity index is 2.91. The fraction of sp³-hybridized carbons (Fsp3) is 0.529. The van der Waals surface area contributed by atoms with E-state index in [9.17, 15) is 9.59 Å². The van der Waals surface area contributed by atoms with Crippen LogP contribution in [-0.2, 0) is 19.1 Å². The van der Waals surface area contributed by atoms with Gasteiger partial charge < -0.3 is 9.47 Å². The highest BCUT2D eigenvalue weighted by molar-refractivity contribution is 5.72. The largest absolute Gasteiger partial charge is 0.457 e. The SMILES string of the molecule is C=C(C)C1C(=C)C(OC(=O)C(C)CC)C=CC1OC(C)=O. The maximum absolute atomic E-state index is 11.9. The van der Waals surface area contributed by atoms with Crippen LogP contribution in [-0.4, -0.2) is 24.1 Å². The zero-order valence-corrected chi connectivity index (χ0v) is 13.2. The topological polar surface area (TPSA) is 52.6 Å². The second kappa shape index (κ2) is 7.25. The summed E-state index contributed by atoms with van der Waals surface area (Å²) < 4.78 is 10.8. The van der Waals surface area contributed by atoms with Crippen LogP contribution in [0.1, 0.15) is 34.1 Å². The van der Waals surface area contributed by atoms with Gasteiger partial charge in [0, 0.05) is 12.8 Å². The molecule has 0 saturated carbocycles. The quantitative estimate of drug-likeness (QED) is 0.577. The van der Waals surface area contributed by atoms with Gasteiger partial charge >= 0.3 is 11.9 Å².